The van der Waals surface area contributed by atoms with Gasteiger partial charge in [-0.05, 0) is 26.0 Å². The van der Waals surface area contributed by atoms with Crippen LogP contribution in [0.5, 0.6) is 0 Å². The van der Waals surface area contributed by atoms with Crippen LogP contribution in [0.15, 0.2) is 12.1 Å². The van der Waals surface area contributed by atoms with Gasteiger partial charge in [-0.15, -0.1) is 11.3 Å². The van der Waals surface area contributed by atoms with E-state index < -0.39 is 17.5 Å². The van der Waals surface area contributed by atoms with Gasteiger partial charge in [0.15, 0.2) is 5.54 Å². The van der Waals surface area contributed by atoms with E-state index >= 15 is 0 Å². The molecule has 6 nitrogen and oxygen atoms in total. The minimum absolute atomic E-state index is 0.00819. The number of carbonyl (C=O) groups excluding carboxylic acids is 1. The third-order valence-electron chi connectivity index (χ3n) is 3.46. The van der Waals surface area contributed by atoms with Gasteiger partial charge in [-0.3, -0.25) is 0 Å². The molecule has 0 saturated carbocycles. The number of hydrogen-bond acceptors (Lipinski definition) is 4. The average molecular weight is 312 g/mol. The second-order valence-corrected chi connectivity index (χ2v) is 6.78. The van der Waals surface area contributed by atoms with Crippen LogP contribution < -0.4 is 10.6 Å². The van der Waals surface area contributed by atoms with Gasteiger partial charge in [0.25, 0.3) is 0 Å². The van der Waals surface area contributed by atoms with Gasteiger partial charge in [-0.25, -0.2) is 9.59 Å². The highest BCUT2D eigenvalue weighted by Gasteiger charge is 2.44. The number of carbonyl (C=O) groups is 2. The van der Waals surface area contributed by atoms with E-state index in [0.29, 0.717) is 6.61 Å². The maximum atomic E-state index is 12.0. The summed E-state index contributed by atoms with van der Waals surface area (Å²) in [6.07, 6.45) is 1.01. The molecule has 0 bridgehead atoms. The van der Waals surface area contributed by atoms with Crippen LogP contribution in [0.3, 0.4) is 0 Å². The van der Waals surface area contributed by atoms with Crippen molar-refractivity contribution in [3.8, 4) is 0 Å². The molecular formula is C14H20N2O4S. The zero-order chi connectivity index (χ0) is 15.5. The van der Waals surface area contributed by atoms with E-state index in [9.17, 15) is 14.7 Å². The molecule has 21 heavy (non-hydrogen) atoms. The Morgan fingerprint density at radius 3 is 2.81 bits per heavy atom. The Hall–Kier alpha value is -1.60. The number of aryl methyl sites for hydroxylation is 1. The molecule has 1 aromatic rings. The Bertz CT molecular complexity index is 523. The first-order valence-electron chi connectivity index (χ1n) is 6.86. The van der Waals surface area contributed by atoms with Crippen LogP contribution in [-0.4, -0.2) is 41.9 Å². The minimum Gasteiger partial charge on any atom is -0.479 e. The molecule has 2 unspecified atom stereocenters. The molecular weight excluding hydrogens is 292 g/mol. The first-order chi connectivity index (χ1) is 9.91. The van der Waals surface area contributed by atoms with Gasteiger partial charge in [0.2, 0.25) is 0 Å². The van der Waals surface area contributed by atoms with Crippen LogP contribution in [0.4, 0.5) is 4.79 Å². The summed E-state index contributed by atoms with van der Waals surface area (Å²) in [5.41, 5.74) is -1.30. The fraction of sp³-hybridized carbons (Fsp3) is 0.571. The maximum absolute atomic E-state index is 12.0. The van der Waals surface area contributed by atoms with Crippen LogP contribution in [0.25, 0.3) is 0 Å². The number of nitrogens with one attached hydrogen (secondary N) is 2. The zero-order valence-corrected chi connectivity index (χ0v) is 13.0. The lowest BCUT2D eigenvalue weighted by molar-refractivity contribution is -0.144. The van der Waals surface area contributed by atoms with Crippen molar-refractivity contribution in [3.05, 3.63) is 21.9 Å². The second-order valence-electron chi connectivity index (χ2n) is 5.41. The highest BCUT2D eigenvalue weighted by atomic mass is 32.1. The molecule has 0 radical (unpaired) electrons. The van der Waals surface area contributed by atoms with Crippen molar-refractivity contribution >= 4 is 23.3 Å². The number of hydrogen-bond donors (Lipinski definition) is 3. The average Bonchev–Trinajstić information content (AvgIpc) is 2.99. The lowest BCUT2D eigenvalue weighted by Crippen LogP contribution is -2.58. The summed E-state index contributed by atoms with van der Waals surface area (Å²) in [7, 11) is 0. The van der Waals surface area contributed by atoms with Crippen molar-refractivity contribution in [3.63, 3.8) is 0 Å². The van der Waals surface area contributed by atoms with E-state index in [1.807, 2.05) is 26.0 Å². The van der Waals surface area contributed by atoms with Crippen LogP contribution in [0.1, 0.15) is 23.1 Å². The van der Waals surface area contributed by atoms with Gasteiger partial charge in [0.05, 0.1) is 6.61 Å². The molecule has 3 N–H and O–H groups in total. The molecule has 0 spiro atoms. The van der Waals surface area contributed by atoms with E-state index in [2.05, 4.69) is 10.6 Å². The number of amides is 2. The van der Waals surface area contributed by atoms with Crippen molar-refractivity contribution in [2.24, 2.45) is 0 Å². The molecule has 2 amide bonds. The summed E-state index contributed by atoms with van der Waals surface area (Å²) >= 11 is 1.69. The molecule has 2 rings (SSSR count). The molecule has 1 aliphatic rings. The molecule has 0 aliphatic carbocycles. The maximum Gasteiger partial charge on any atom is 0.332 e. The largest absolute Gasteiger partial charge is 0.479 e. The number of urea groups is 1. The third-order valence-corrected chi connectivity index (χ3v) is 4.49. The molecule has 1 saturated heterocycles. The van der Waals surface area contributed by atoms with Gasteiger partial charge in [-0.1, -0.05) is 0 Å². The van der Waals surface area contributed by atoms with E-state index in [1.54, 1.807) is 11.3 Å². The quantitative estimate of drug-likeness (QED) is 0.769. The highest BCUT2D eigenvalue weighted by molar-refractivity contribution is 7.11. The molecule has 1 fully saturated rings. The highest BCUT2D eigenvalue weighted by Crippen LogP contribution is 2.19. The van der Waals surface area contributed by atoms with Gasteiger partial charge in [0.1, 0.15) is 0 Å². The minimum atomic E-state index is -1.30. The lowest BCUT2D eigenvalue weighted by Gasteiger charge is -2.25. The standard InChI is InChI=1S/C14H20N2O4S/c1-9(7-11-4-3-10(2)21-11)15-13(19)16-14(12(17)18)5-6-20-8-14/h3-4,9H,5-8H2,1-2H3,(H,17,18)(H2,15,16,19). The number of carboxylic acid groups (broad SMARTS) is 1. The zero-order valence-electron chi connectivity index (χ0n) is 12.1. The number of rotatable bonds is 5. The van der Waals surface area contributed by atoms with E-state index in [4.69, 9.17) is 4.74 Å². The summed E-state index contributed by atoms with van der Waals surface area (Å²) in [5, 5.41) is 14.6. The summed E-state index contributed by atoms with van der Waals surface area (Å²) < 4.78 is 5.10. The van der Waals surface area contributed by atoms with Gasteiger partial charge in [0, 0.05) is 35.2 Å². The van der Waals surface area contributed by atoms with Crippen molar-refractivity contribution < 1.29 is 19.4 Å². The number of thiophene rings is 1. The van der Waals surface area contributed by atoms with Gasteiger partial charge in [-0.2, -0.15) is 0 Å². The summed E-state index contributed by atoms with van der Waals surface area (Å²) in [5.74, 6) is -1.06. The molecule has 7 heteroatoms. The molecule has 2 heterocycles. The summed E-state index contributed by atoms with van der Waals surface area (Å²) in [6.45, 7) is 4.29. The van der Waals surface area contributed by atoms with E-state index in [0.717, 1.165) is 6.42 Å². The van der Waals surface area contributed by atoms with Crippen LogP contribution in [-0.2, 0) is 16.0 Å². The third kappa shape index (κ3) is 3.95. The van der Waals surface area contributed by atoms with Gasteiger partial charge < -0.3 is 20.5 Å². The van der Waals surface area contributed by atoms with Gasteiger partial charge >= 0.3 is 12.0 Å². The smallest absolute Gasteiger partial charge is 0.332 e. The topological polar surface area (TPSA) is 87.7 Å². The first kappa shape index (κ1) is 15.8. The van der Waals surface area contributed by atoms with Crippen molar-refractivity contribution in [2.75, 3.05) is 13.2 Å². The Balaban J connectivity index is 1.87. The number of carboxylic acids is 1. The predicted molar refractivity (Wildman–Crippen MR) is 79.7 cm³/mol. The fourth-order valence-electron chi connectivity index (χ4n) is 2.31. The Morgan fingerprint density at radius 2 is 2.29 bits per heavy atom. The van der Waals surface area contributed by atoms with Crippen LogP contribution in [0, 0.1) is 6.92 Å². The first-order valence-corrected chi connectivity index (χ1v) is 7.68. The number of aliphatic carboxylic acids is 1. The fourth-order valence-corrected chi connectivity index (χ4v) is 3.33. The van der Waals surface area contributed by atoms with E-state index in [1.165, 1.54) is 9.75 Å². The van der Waals surface area contributed by atoms with E-state index in [-0.39, 0.29) is 19.1 Å². The van der Waals surface area contributed by atoms with Crippen LogP contribution in [0.2, 0.25) is 0 Å². The normalized spacial score (nSPS) is 22.8. The van der Waals surface area contributed by atoms with Crippen molar-refractivity contribution in [1.29, 1.82) is 0 Å². The molecule has 0 aromatic carbocycles. The summed E-state index contributed by atoms with van der Waals surface area (Å²) in [6, 6.07) is 3.54. The Kier molecular flexibility index (Phi) is 4.84. The SMILES string of the molecule is Cc1ccc(CC(C)NC(=O)NC2(C(=O)O)CCOC2)s1. The predicted octanol–water partition coefficient (Wildman–Crippen LogP) is 1.53. The molecule has 2 atom stereocenters. The van der Waals surface area contributed by atoms with Crippen molar-refractivity contribution in [2.45, 2.75) is 38.3 Å². The second kappa shape index (κ2) is 6.44. The Morgan fingerprint density at radius 1 is 1.52 bits per heavy atom. The number of ether oxygens (including phenoxy) is 1. The van der Waals surface area contributed by atoms with Crippen molar-refractivity contribution in [1.82, 2.24) is 10.6 Å². The Labute approximate surface area is 127 Å². The van der Waals surface area contributed by atoms with Crippen LogP contribution >= 0.6 is 11.3 Å². The monoisotopic (exact) mass is 312 g/mol. The molecule has 116 valence electrons. The molecule has 1 aliphatic heterocycles. The summed E-state index contributed by atoms with van der Waals surface area (Å²) in [4.78, 5) is 25.7. The lowest BCUT2D eigenvalue weighted by atomic mass is 9.99. The molecule has 1 aromatic heterocycles.